The van der Waals surface area contributed by atoms with Gasteiger partial charge in [-0.25, -0.2) is 0 Å². The summed E-state index contributed by atoms with van der Waals surface area (Å²) >= 11 is 0. The molecular formula is C16H19N3O. The third kappa shape index (κ3) is 3.12. The molecule has 1 aromatic carbocycles. The van der Waals surface area contributed by atoms with E-state index in [0.29, 0.717) is 0 Å². The summed E-state index contributed by atoms with van der Waals surface area (Å²) < 4.78 is 7.34. The molecule has 2 rings (SSSR count). The van der Waals surface area contributed by atoms with Crippen LogP contribution in [0.4, 0.5) is 0 Å². The summed E-state index contributed by atoms with van der Waals surface area (Å²) in [6, 6.07) is 14.1. The van der Waals surface area contributed by atoms with Gasteiger partial charge in [-0.05, 0) is 50.6 Å². The van der Waals surface area contributed by atoms with Crippen LogP contribution in [0, 0.1) is 25.2 Å². The average Bonchev–Trinajstić information content (AvgIpc) is 2.77. The Morgan fingerprint density at radius 3 is 2.30 bits per heavy atom. The quantitative estimate of drug-likeness (QED) is 0.906. The van der Waals surface area contributed by atoms with Crippen molar-refractivity contribution < 1.29 is 4.74 Å². The number of ether oxygens (including phenoxy) is 1. The number of hydrogen-bond donors (Lipinski definition) is 1. The number of aromatic nitrogens is 1. The lowest BCUT2D eigenvalue weighted by Gasteiger charge is -2.20. The van der Waals surface area contributed by atoms with Gasteiger partial charge in [0, 0.05) is 11.4 Å². The van der Waals surface area contributed by atoms with Gasteiger partial charge in [0.1, 0.15) is 11.8 Å². The lowest BCUT2D eigenvalue weighted by molar-refractivity contribution is 0.368. The fraction of sp³-hybridized carbons (Fsp3) is 0.312. The maximum absolute atomic E-state index is 8.48. The van der Waals surface area contributed by atoms with E-state index >= 15 is 0 Å². The van der Waals surface area contributed by atoms with Gasteiger partial charge in [-0.15, -0.1) is 0 Å². The van der Waals surface area contributed by atoms with Gasteiger partial charge >= 0.3 is 0 Å². The molecule has 4 heteroatoms. The third-order valence-corrected chi connectivity index (χ3v) is 3.28. The SMILES string of the molecule is Cc1ccc(C)n1NC(C)c1ccc(OCC#N)cc1. The Morgan fingerprint density at radius 2 is 1.75 bits per heavy atom. The molecule has 4 nitrogen and oxygen atoms in total. The minimum atomic E-state index is 0.0783. The van der Waals surface area contributed by atoms with Crippen molar-refractivity contribution >= 4 is 0 Å². The monoisotopic (exact) mass is 269 g/mol. The van der Waals surface area contributed by atoms with Crippen LogP contribution in [0.15, 0.2) is 36.4 Å². The van der Waals surface area contributed by atoms with Crippen molar-refractivity contribution in [1.82, 2.24) is 4.68 Å². The van der Waals surface area contributed by atoms with Crippen LogP contribution in [0.25, 0.3) is 0 Å². The summed E-state index contributed by atoms with van der Waals surface area (Å²) in [6.45, 7) is 6.34. The highest BCUT2D eigenvalue weighted by Gasteiger charge is 2.08. The molecule has 1 N–H and O–H groups in total. The number of hydrogen-bond acceptors (Lipinski definition) is 3. The van der Waals surface area contributed by atoms with Gasteiger partial charge in [-0.3, -0.25) is 4.68 Å². The van der Waals surface area contributed by atoms with Crippen molar-refractivity contribution in [3.05, 3.63) is 53.3 Å². The molecule has 1 aromatic heterocycles. The molecule has 104 valence electrons. The van der Waals surface area contributed by atoms with Crippen molar-refractivity contribution in [3.8, 4) is 11.8 Å². The highest BCUT2D eigenvalue weighted by Crippen LogP contribution is 2.19. The Bertz CT molecular complexity index is 588. The van der Waals surface area contributed by atoms with E-state index in [1.165, 1.54) is 17.0 Å². The fourth-order valence-corrected chi connectivity index (χ4v) is 2.11. The predicted molar refractivity (Wildman–Crippen MR) is 79.2 cm³/mol. The molecule has 0 aliphatic heterocycles. The summed E-state index contributed by atoms with van der Waals surface area (Å²) in [4.78, 5) is 0. The van der Waals surface area contributed by atoms with Crippen LogP contribution in [0.3, 0.4) is 0 Å². The first-order chi connectivity index (χ1) is 9.61. The maximum atomic E-state index is 8.48. The molecule has 0 aliphatic carbocycles. The second kappa shape index (κ2) is 6.16. The van der Waals surface area contributed by atoms with Crippen LogP contribution < -0.4 is 10.2 Å². The maximum Gasteiger partial charge on any atom is 0.174 e. The second-order valence-electron chi connectivity index (χ2n) is 4.82. The number of nitrogens with zero attached hydrogens (tertiary/aromatic N) is 2. The van der Waals surface area contributed by atoms with Crippen LogP contribution in [0.1, 0.15) is 29.9 Å². The zero-order valence-corrected chi connectivity index (χ0v) is 12.1. The Balaban J connectivity index is 2.06. The van der Waals surface area contributed by atoms with E-state index in [9.17, 15) is 0 Å². The van der Waals surface area contributed by atoms with E-state index in [2.05, 4.69) is 43.0 Å². The number of aryl methyl sites for hydroxylation is 2. The topological polar surface area (TPSA) is 50.0 Å². The first kappa shape index (κ1) is 14.0. The Kier molecular flexibility index (Phi) is 4.31. The first-order valence-corrected chi connectivity index (χ1v) is 6.63. The Labute approximate surface area is 119 Å². The summed E-state index contributed by atoms with van der Waals surface area (Å²) in [5.41, 5.74) is 7.00. The van der Waals surface area contributed by atoms with Gasteiger partial charge in [-0.2, -0.15) is 5.26 Å². The molecule has 2 aromatic rings. The molecule has 0 bridgehead atoms. The van der Waals surface area contributed by atoms with Gasteiger partial charge < -0.3 is 10.2 Å². The molecule has 0 fully saturated rings. The Hall–Kier alpha value is -2.41. The fourth-order valence-electron chi connectivity index (χ4n) is 2.11. The standard InChI is InChI=1S/C16H19N3O/c1-12-4-5-13(2)19(12)18-14(3)15-6-8-16(9-7-15)20-11-10-17/h4-9,14,18H,11H2,1-3H3. The van der Waals surface area contributed by atoms with Gasteiger partial charge in [0.15, 0.2) is 6.61 Å². The van der Waals surface area contributed by atoms with Crippen molar-refractivity contribution in [2.75, 3.05) is 12.0 Å². The zero-order chi connectivity index (χ0) is 14.5. The summed E-state index contributed by atoms with van der Waals surface area (Å²) in [6.07, 6.45) is 0. The zero-order valence-electron chi connectivity index (χ0n) is 12.1. The van der Waals surface area contributed by atoms with Gasteiger partial charge in [-0.1, -0.05) is 12.1 Å². The van der Waals surface area contributed by atoms with Crippen molar-refractivity contribution in [3.63, 3.8) is 0 Å². The second-order valence-corrected chi connectivity index (χ2v) is 4.82. The predicted octanol–water partition coefficient (Wildman–Crippen LogP) is 3.31. The number of rotatable bonds is 5. The summed E-state index contributed by atoms with van der Waals surface area (Å²) in [7, 11) is 0. The largest absolute Gasteiger partial charge is 0.479 e. The van der Waals surface area contributed by atoms with Crippen LogP contribution in [-0.2, 0) is 0 Å². The molecule has 1 atom stereocenters. The smallest absolute Gasteiger partial charge is 0.174 e. The molecular weight excluding hydrogens is 250 g/mol. The lowest BCUT2D eigenvalue weighted by Crippen LogP contribution is -2.20. The van der Waals surface area contributed by atoms with Gasteiger partial charge in [0.25, 0.3) is 0 Å². The van der Waals surface area contributed by atoms with E-state index in [1.807, 2.05) is 30.3 Å². The molecule has 0 radical (unpaired) electrons. The molecule has 20 heavy (non-hydrogen) atoms. The van der Waals surface area contributed by atoms with Crippen molar-refractivity contribution in [2.45, 2.75) is 26.8 Å². The molecule has 0 saturated heterocycles. The minimum absolute atomic E-state index is 0.0783. The summed E-state index contributed by atoms with van der Waals surface area (Å²) in [5.74, 6) is 0.718. The van der Waals surface area contributed by atoms with Gasteiger partial charge in [0.05, 0.1) is 6.04 Å². The number of benzene rings is 1. The van der Waals surface area contributed by atoms with E-state index in [1.54, 1.807) is 0 Å². The third-order valence-electron chi connectivity index (χ3n) is 3.28. The van der Waals surface area contributed by atoms with Crippen LogP contribution in [0.2, 0.25) is 0 Å². The average molecular weight is 269 g/mol. The van der Waals surface area contributed by atoms with Crippen LogP contribution >= 0.6 is 0 Å². The van der Waals surface area contributed by atoms with E-state index in [0.717, 1.165) is 5.75 Å². The van der Waals surface area contributed by atoms with E-state index < -0.39 is 0 Å². The molecule has 0 aliphatic rings. The van der Waals surface area contributed by atoms with Crippen LogP contribution in [0.5, 0.6) is 5.75 Å². The minimum Gasteiger partial charge on any atom is -0.479 e. The van der Waals surface area contributed by atoms with Crippen LogP contribution in [-0.4, -0.2) is 11.3 Å². The lowest BCUT2D eigenvalue weighted by atomic mass is 10.1. The van der Waals surface area contributed by atoms with Crippen molar-refractivity contribution in [1.29, 1.82) is 5.26 Å². The van der Waals surface area contributed by atoms with E-state index in [-0.39, 0.29) is 12.6 Å². The normalized spacial score (nSPS) is 11.7. The first-order valence-electron chi connectivity index (χ1n) is 6.63. The van der Waals surface area contributed by atoms with Crippen molar-refractivity contribution in [2.24, 2.45) is 0 Å². The highest BCUT2D eigenvalue weighted by atomic mass is 16.5. The Morgan fingerprint density at radius 1 is 1.15 bits per heavy atom. The highest BCUT2D eigenvalue weighted by molar-refractivity contribution is 5.30. The molecule has 1 unspecified atom stereocenters. The molecule has 0 amide bonds. The molecule has 1 heterocycles. The van der Waals surface area contributed by atoms with Gasteiger partial charge in [0.2, 0.25) is 0 Å². The molecule has 0 saturated carbocycles. The van der Waals surface area contributed by atoms with E-state index in [4.69, 9.17) is 10.00 Å². The molecule has 0 spiro atoms. The number of nitrogens with one attached hydrogen (secondary N) is 1. The number of nitriles is 1. The summed E-state index contributed by atoms with van der Waals surface area (Å²) in [5, 5.41) is 8.48.